The SMILES string of the molecule is CC(C)[C@H]1Nc2ccc(C(=O)O)cc2[C@@H]2C=CC[C@H]12. The van der Waals surface area contributed by atoms with Crippen LogP contribution in [0.5, 0.6) is 0 Å². The number of rotatable bonds is 2. The zero-order chi connectivity index (χ0) is 13.6. The summed E-state index contributed by atoms with van der Waals surface area (Å²) in [4.78, 5) is 11.1. The minimum atomic E-state index is -0.854. The van der Waals surface area contributed by atoms with E-state index < -0.39 is 5.97 Å². The van der Waals surface area contributed by atoms with Crippen LogP contribution >= 0.6 is 0 Å². The zero-order valence-corrected chi connectivity index (χ0v) is 11.3. The van der Waals surface area contributed by atoms with Gasteiger partial charge in [-0.2, -0.15) is 0 Å². The number of carboxylic acid groups (broad SMARTS) is 1. The highest BCUT2D eigenvalue weighted by Crippen LogP contribution is 2.46. The molecule has 2 aliphatic rings. The number of nitrogens with one attached hydrogen (secondary N) is 1. The quantitative estimate of drug-likeness (QED) is 0.797. The molecule has 19 heavy (non-hydrogen) atoms. The van der Waals surface area contributed by atoms with Crippen molar-refractivity contribution >= 4 is 11.7 Å². The van der Waals surface area contributed by atoms with Gasteiger partial charge in [0.1, 0.15) is 0 Å². The van der Waals surface area contributed by atoms with Crippen LogP contribution in [0.4, 0.5) is 5.69 Å². The molecule has 0 saturated carbocycles. The van der Waals surface area contributed by atoms with Crippen molar-refractivity contribution in [2.24, 2.45) is 11.8 Å². The highest BCUT2D eigenvalue weighted by atomic mass is 16.4. The van der Waals surface area contributed by atoms with Crippen molar-refractivity contribution in [2.45, 2.75) is 32.2 Å². The van der Waals surface area contributed by atoms with E-state index in [9.17, 15) is 4.79 Å². The zero-order valence-electron chi connectivity index (χ0n) is 11.3. The number of benzene rings is 1. The lowest BCUT2D eigenvalue weighted by Gasteiger charge is -2.39. The molecule has 1 aliphatic heterocycles. The van der Waals surface area contributed by atoms with Crippen molar-refractivity contribution in [3.8, 4) is 0 Å². The number of carboxylic acids is 1. The fraction of sp³-hybridized carbons (Fsp3) is 0.438. The summed E-state index contributed by atoms with van der Waals surface area (Å²) in [6, 6.07) is 5.89. The van der Waals surface area contributed by atoms with Gasteiger partial charge in [0.2, 0.25) is 0 Å². The Morgan fingerprint density at radius 1 is 1.42 bits per heavy atom. The Labute approximate surface area is 113 Å². The molecule has 1 aromatic carbocycles. The summed E-state index contributed by atoms with van der Waals surface area (Å²) in [6.45, 7) is 4.48. The standard InChI is InChI=1S/C16H19NO2/c1-9(2)15-12-5-3-4-11(12)13-8-10(16(18)19)6-7-14(13)17-15/h3-4,6-9,11-12,15,17H,5H2,1-2H3,(H,18,19)/t11-,12+,15-/m1/s1. The first-order valence-corrected chi connectivity index (χ1v) is 6.88. The van der Waals surface area contributed by atoms with Crippen LogP contribution in [-0.2, 0) is 0 Å². The van der Waals surface area contributed by atoms with Gasteiger partial charge in [-0.3, -0.25) is 0 Å². The van der Waals surface area contributed by atoms with Crippen LogP contribution in [0.2, 0.25) is 0 Å². The van der Waals surface area contributed by atoms with Crippen LogP contribution in [0.25, 0.3) is 0 Å². The van der Waals surface area contributed by atoms with E-state index >= 15 is 0 Å². The minimum absolute atomic E-state index is 0.364. The van der Waals surface area contributed by atoms with Crippen LogP contribution in [0.3, 0.4) is 0 Å². The molecule has 100 valence electrons. The molecule has 2 N–H and O–H groups in total. The fourth-order valence-electron chi connectivity index (χ4n) is 3.43. The van der Waals surface area contributed by atoms with Crippen LogP contribution in [0.15, 0.2) is 30.4 Å². The Balaban J connectivity index is 2.05. The van der Waals surface area contributed by atoms with Crippen molar-refractivity contribution in [3.63, 3.8) is 0 Å². The van der Waals surface area contributed by atoms with Gasteiger partial charge in [-0.15, -0.1) is 0 Å². The maximum atomic E-state index is 11.1. The summed E-state index contributed by atoms with van der Waals surface area (Å²) < 4.78 is 0. The van der Waals surface area contributed by atoms with Gasteiger partial charge in [-0.1, -0.05) is 26.0 Å². The molecule has 0 spiro atoms. The van der Waals surface area contributed by atoms with Gasteiger partial charge in [-0.05, 0) is 42.0 Å². The molecule has 0 bridgehead atoms. The summed E-state index contributed by atoms with van der Waals surface area (Å²) in [5.41, 5.74) is 2.61. The molecular formula is C16H19NO2. The maximum absolute atomic E-state index is 11.1. The topological polar surface area (TPSA) is 49.3 Å². The first kappa shape index (κ1) is 12.3. The Morgan fingerprint density at radius 3 is 2.89 bits per heavy atom. The monoisotopic (exact) mass is 257 g/mol. The number of carbonyl (C=O) groups is 1. The second-order valence-electron chi connectivity index (χ2n) is 5.87. The molecule has 1 aromatic rings. The molecule has 0 aromatic heterocycles. The maximum Gasteiger partial charge on any atom is 0.335 e. The molecule has 3 rings (SSSR count). The van der Waals surface area contributed by atoms with E-state index in [0.717, 1.165) is 17.7 Å². The summed E-state index contributed by atoms with van der Waals surface area (Å²) in [6.07, 6.45) is 5.55. The molecule has 1 aliphatic carbocycles. The molecule has 3 atom stereocenters. The van der Waals surface area contributed by atoms with Gasteiger partial charge in [0.05, 0.1) is 5.56 Å². The van der Waals surface area contributed by atoms with Crippen molar-refractivity contribution < 1.29 is 9.90 Å². The predicted molar refractivity (Wildman–Crippen MR) is 75.6 cm³/mol. The van der Waals surface area contributed by atoms with Gasteiger partial charge in [0.25, 0.3) is 0 Å². The Kier molecular flexibility index (Phi) is 2.85. The summed E-state index contributed by atoms with van der Waals surface area (Å²) in [5.74, 6) is 0.631. The lowest BCUT2D eigenvalue weighted by molar-refractivity contribution is 0.0696. The number of aromatic carboxylic acids is 1. The van der Waals surface area contributed by atoms with Crippen molar-refractivity contribution in [1.82, 2.24) is 0 Å². The normalized spacial score (nSPS) is 27.8. The lowest BCUT2D eigenvalue weighted by atomic mass is 9.75. The Hall–Kier alpha value is -1.77. The van der Waals surface area contributed by atoms with Gasteiger partial charge < -0.3 is 10.4 Å². The lowest BCUT2D eigenvalue weighted by Crippen LogP contribution is -2.39. The fourth-order valence-corrected chi connectivity index (χ4v) is 3.43. The Bertz CT molecular complexity index is 548. The number of hydrogen-bond acceptors (Lipinski definition) is 2. The number of hydrogen-bond donors (Lipinski definition) is 2. The third kappa shape index (κ3) is 1.93. The van der Waals surface area contributed by atoms with Gasteiger partial charge in [0, 0.05) is 17.6 Å². The van der Waals surface area contributed by atoms with E-state index in [1.807, 2.05) is 12.1 Å². The van der Waals surface area contributed by atoms with Crippen LogP contribution in [-0.4, -0.2) is 17.1 Å². The molecule has 0 radical (unpaired) electrons. The van der Waals surface area contributed by atoms with Crippen LogP contribution < -0.4 is 5.32 Å². The Morgan fingerprint density at radius 2 is 2.21 bits per heavy atom. The number of allylic oxidation sites excluding steroid dienone is 2. The van der Waals surface area contributed by atoms with Crippen LogP contribution in [0, 0.1) is 11.8 Å². The summed E-state index contributed by atoms with van der Waals surface area (Å²) in [7, 11) is 0. The number of anilines is 1. The van der Waals surface area contributed by atoms with Crippen molar-refractivity contribution in [2.75, 3.05) is 5.32 Å². The van der Waals surface area contributed by atoms with E-state index in [1.165, 1.54) is 0 Å². The second-order valence-corrected chi connectivity index (χ2v) is 5.87. The van der Waals surface area contributed by atoms with Gasteiger partial charge in [-0.25, -0.2) is 4.79 Å². The molecule has 0 unspecified atom stereocenters. The van der Waals surface area contributed by atoms with Crippen molar-refractivity contribution in [3.05, 3.63) is 41.5 Å². The molecule has 1 heterocycles. The number of fused-ring (bicyclic) bond motifs is 3. The van der Waals surface area contributed by atoms with E-state index in [1.54, 1.807) is 6.07 Å². The molecular weight excluding hydrogens is 238 g/mol. The highest BCUT2D eigenvalue weighted by molar-refractivity contribution is 5.88. The first-order valence-electron chi connectivity index (χ1n) is 6.88. The van der Waals surface area contributed by atoms with E-state index in [-0.39, 0.29) is 0 Å². The van der Waals surface area contributed by atoms with E-state index in [2.05, 4.69) is 31.3 Å². The largest absolute Gasteiger partial charge is 0.478 e. The van der Waals surface area contributed by atoms with Gasteiger partial charge >= 0.3 is 5.97 Å². The van der Waals surface area contributed by atoms with E-state index in [4.69, 9.17) is 5.11 Å². The van der Waals surface area contributed by atoms with Crippen LogP contribution in [0.1, 0.15) is 42.1 Å². The average Bonchev–Trinajstić information content (AvgIpc) is 2.86. The molecule has 3 nitrogen and oxygen atoms in total. The average molecular weight is 257 g/mol. The summed E-state index contributed by atoms with van der Waals surface area (Å²) >= 11 is 0. The van der Waals surface area contributed by atoms with Crippen molar-refractivity contribution in [1.29, 1.82) is 0 Å². The molecule has 0 amide bonds. The molecule has 3 heteroatoms. The third-order valence-electron chi connectivity index (χ3n) is 4.37. The highest BCUT2D eigenvalue weighted by Gasteiger charge is 2.38. The second kappa shape index (κ2) is 4.41. The predicted octanol–water partition coefficient (Wildman–Crippen LogP) is 3.49. The summed E-state index contributed by atoms with van der Waals surface area (Å²) in [5, 5.41) is 12.7. The van der Waals surface area contributed by atoms with Gasteiger partial charge in [0.15, 0.2) is 0 Å². The molecule has 0 fully saturated rings. The first-order chi connectivity index (χ1) is 9.08. The smallest absolute Gasteiger partial charge is 0.335 e. The third-order valence-corrected chi connectivity index (χ3v) is 4.37. The minimum Gasteiger partial charge on any atom is -0.478 e. The molecule has 0 saturated heterocycles. The van der Waals surface area contributed by atoms with E-state index in [0.29, 0.717) is 29.4 Å².